The molecule has 1 unspecified atom stereocenters. The van der Waals surface area contributed by atoms with Gasteiger partial charge in [-0.3, -0.25) is 0 Å². The van der Waals surface area contributed by atoms with Crippen LogP contribution in [-0.2, 0) is 9.47 Å². The Hall–Kier alpha value is -1.99. The summed E-state index contributed by atoms with van der Waals surface area (Å²) < 4.78 is 16.9. The van der Waals surface area contributed by atoms with E-state index in [0.29, 0.717) is 17.9 Å². The minimum absolute atomic E-state index is 0.249. The van der Waals surface area contributed by atoms with Crippen LogP contribution >= 0.6 is 0 Å². The van der Waals surface area contributed by atoms with Gasteiger partial charge in [-0.05, 0) is 31.4 Å². The fourth-order valence-corrected chi connectivity index (χ4v) is 3.55. The number of rotatable bonds is 6. The lowest BCUT2D eigenvalue weighted by atomic mass is 10.1. The van der Waals surface area contributed by atoms with E-state index in [2.05, 4.69) is 33.9 Å². The highest BCUT2D eigenvalue weighted by Crippen LogP contribution is 2.26. The van der Waals surface area contributed by atoms with E-state index in [1.807, 2.05) is 18.3 Å². The van der Waals surface area contributed by atoms with Gasteiger partial charge in [0, 0.05) is 43.3 Å². The standard InChI is InChI=1S/C20H28N4O3/c1-14(2)19-22-20(27-23-19)16-3-7-21-18(11-16)24-8-4-17(5-9-24)26-13-15-6-10-25-12-15/h3,7,11,14-15,17H,4-6,8-10,12-13H2,1-2H3. The van der Waals surface area contributed by atoms with Crippen molar-refractivity contribution >= 4 is 5.82 Å². The van der Waals surface area contributed by atoms with Crippen LogP contribution in [0.2, 0.25) is 0 Å². The first-order valence-corrected chi connectivity index (χ1v) is 9.93. The van der Waals surface area contributed by atoms with Crippen LogP contribution < -0.4 is 4.90 Å². The van der Waals surface area contributed by atoms with E-state index in [1.54, 1.807) is 0 Å². The van der Waals surface area contributed by atoms with Gasteiger partial charge < -0.3 is 18.9 Å². The second-order valence-electron chi connectivity index (χ2n) is 7.76. The smallest absolute Gasteiger partial charge is 0.258 e. The molecule has 0 radical (unpaired) electrons. The summed E-state index contributed by atoms with van der Waals surface area (Å²) in [5, 5.41) is 4.05. The summed E-state index contributed by atoms with van der Waals surface area (Å²) in [5.41, 5.74) is 0.916. The van der Waals surface area contributed by atoms with E-state index in [0.717, 1.165) is 69.4 Å². The lowest BCUT2D eigenvalue weighted by Crippen LogP contribution is -2.38. The Morgan fingerprint density at radius 3 is 2.81 bits per heavy atom. The Bertz CT molecular complexity index is 734. The number of aromatic nitrogens is 3. The van der Waals surface area contributed by atoms with Crippen molar-refractivity contribution in [3.63, 3.8) is 0 Å². The first-order chi connectivity index (χ1) is 13.2. The molecule has 4 heterocycles. The first kappa shape index (κ1) is 18.4. The molecule has 0 amide bonds. The molecule has 7 nitrogen and oxygen atoms in total. The number of hydrogen-bond donors (Lipinski definition) is 0. The number of pyridine rings is 1. The van der Waals surface area contributed by atoms with Gasteiger partial charge in [-0.25, -0.2) is 4.98 Å². The number of ether oxygens (including phenoxy) is 2. The largest absolute Gasteiger partial charge is 0.381 e. The third-order valence-electron chi connectivity index (χ3n) is 5.31. The van der Waals surface area contributed by atoms with Crippen LogP contribution in [0.4, 0.5) is 5.82 Å². The average molecular weight is 372 g/mol. The summed E-state index contributed by atoms with van der Waals surface area (Å²) in [5.74, 6) is 3.07. The second-order valence-corrected chi connectivity index (χ2v) is 7.76. The summed E-state index contributed by atoms with van der Waals surface area (Å²) in [6.07, 6.45) is 5.33. The summed E-state index contributed by atoms with van der Waals surface area (Å²) >= 11 is 0. The van der Waals surface area contributed by atoms with Crippen molar-refractivity contribution < 1.29 is 14.0 Å². The minimum Gasteiger partial charge on any atom is -0.381 e. The lowest BCUT2D eigenvalue weighted by Gasteiger charge is -2.33. The molecule has 146 valence electrons. The fraction of sp³-hybridized carbons (Fsp3) is 0.650. The van der Waals surface area contributed by atoms with Crippen LogP contribution in [0.1, 0.15) is 44.9 Å². The van der Waals surface area contributed by atoms with Crippen LogP contribution in [0.5, 0.6) is 0 Å². The highest BCUT2D eigenvalue weighted by atomic mass is 16.5. The fourth-order valence-electron chi connectivity index (χ4n) is 3.55. The molecule has 7 heteroatoms. The molecule has 2 fully saturated rings. The predicted octanol–water partition coefficient (Wildman–Crippen LogP) is 3.28. The Labute approximate surface area is 160 Å². The van der Waals surface area contributed by atoms with Gasteiger partial charge in [0.25, 0.3) is 5.89 Å². The van der Waals surface area contributed by atoms with E-state index in [-0.39, 0.29) is 5.92 Å². The van der Waals surface area contributed by atoms with E-state index in [9.17, 15) is 0 Å². The van der Waals surface area contributed by atoms with Crippen molar-refractivity contribution in [1.29, 1.82) is 0 Å². The molecule has 0 N–H and O–H groups in total. The van der Waals surface area contributed by atoms with Crippen LogP contribution in [0.3, 0.4) is 0 Å². The Kier molecular flexibility index (Phi) is 5.69. The molecule has 2 aliphatic rings. The topological polar surface area (TPSA) is 73.5 Å². The first-order valence-electron chi connectivity index (χ1n) is 9.93. The molecule has 0 saturated carbocycles. The SMILES string of the molecule is CC(C)c1noc(-c2ccnc(N3CCC(OCC4CCOC4)CC3)c2)n1. The van der Waals surface area contributed by atoms with E-state index >= 15 is 0 Å². The molecule has 27 heavy (non-hydrogen) atoms. The molecule has 0 bridgehead atoms. The molecule has 0 aliphatic carbocycles. The maximum atomic E-state index is 6.11. The summed E-state index contributed by atoms with van der Waals surface area (Å²) in [6.45, 7) is 8.56. The Morgan fingerprint density at radius 2 is 2.11 bits per heavy atom. The number of anilines is 1. The number of piperidine rings is 1. The maximum absolute atomic E-state index is 6.11. The molecular formula is C20H28N4O3. The van der Waals surface area contributed by atoms with E-state index in [1.165, 1.54) is 0 Å². The van der Waals surface area contributed by atoms with Crippen molar-refractivity contribution in [2.24, 2.45) is 5.92 Å². The van der Waals surface area contributed by atoms with Crippen molar-refractivity contribution in [2.45, 2.75) is 45.1 Å². The molecule has 0 spiro atoms. The van der Waals surface area contributed by atoms with Gasteiger partial charge in [-0.15, -0.1) is 0 Å². The quantitative estimate of drug-likeness (QED) is 0.770. The summed E-state index contributed by atoms with van der Waals surface area (Å²) in [7, 11) is 0. The maximum Gasteiger partial charge on any atom is 0.258 e. The average Bonchev–Trinajstić information content (AvgIpc) is 3.39. The molecule has 1 atom stereocenters. The zero-order chi connectivity index (χ0) is 18.6. The van der Waals surface area contributed by atoms with Gasteiger partial charge in [-0.1, -0.05) is 19.0 Å². The minimum atomic E-state index is 0.249. The molecule has 2 aliphatic heterocycles. The van der Waals surface area contributed by atoms with Gasteiger partial charge in [0.15, 0.2) is 5.82 Å². The third-order valence-corrected chi connectivity index (χ3v) is 5.31. The van der Waals surface area contributed by atoms with Gasteiger partial charge in [0.2, 0.25) is 0 Å². The monoisotopic (exact) mass is 372 g/mol. The van der Waals surface area contributed by atoms with Crippen LogP contribution in [-0.4, -0.2) is 54.1 Å². The molecule has 0 aromatic carbocycles. The van der Waals surface area contributed by atoms with Gasteiger partial charge in [0.05, 0.1) is 19.3 Å². The molecule has 2 saturated heterocycles. The zero-order valence-electron chi connectivity index (χ0n) is 16.1. The van der Waals surface area contributed by atoms with Crippen molar-refractivity contribution in [3.8, 4) is 11.5 Å². The van der Waals surface area contributed by atoms with Crippen LogP contribution in [0.15, 0.2) is 22.9 Å². The number of hydrogen-bond acceptors (Lipinski definition) is 7. The van der Waals surface area contributed by atoms with Gasteiger partial charge in [-0.2, -0.15) is 4.98 Å². The van der Waals surface area contributed by atoms with E-state index < -0.39 is 0 Å². The Balaban J connectivity index is 1.34. The normalized spacial score (nSPS) is 21.3. The van der Waals surface area contributed by atoms with Crippen LogP contribution in [0, 0.1) is 5.92 Å². The molecule has 2 aromatic heterocycles. The summed E-state index contributed by atoms with van der Waals surface area (Å²) in [6, 6.07) is 3.95. The van der Waals surface area contributed by atoms with Crippen molar-refractivity contribution in [1.82, 2.24) is 15.1 Å². The highest BCUT2D eigenvalue weighted by molar-refractivity contribution is 5.58. The number of nitrogens with zero attached hydrogens (tertiary/aromatic N) is 4. The lowest BCUT2D eigenvalue weighted by molar-refractivity contribution is 0.0131. The zero-order valence-corrected chi connectivity index (χ0v) is 16.1. The highest BCUT2D eigenvalue weighted by Gasteiger charge is 2.23. The van der Waals surface area contributed by atoms with Crippen molar-refractivity contribution in [2.75, 3.05) is 37.8 Å². The van der Waals surface area contributed by atoms with Crippen LogP contribution in [0.25, 0.3) is 11.5 Å². The molecular weight excluding hydrogens is 344 g/mol. The van der Waals surface area contributed by atoms with Gasteiger partial charge >= 0.3 is 0 Å². The second kappa shape index (κ2) is 8.35. The predicted molar refractivity (Wildman–Crippen MR) is 102 cm³/mol. The van der Waals surface area contributed by atoms with E-state index in [4.69, 9.17) is 14.0 Å². The summed E-state index contributed by atoms with van der Waals surface area (Å²) in [4.78, 5) is 11.3. The van der Waals surface area contributed by atoms with Crippen molar-refractivity contribution in [3.05, 3.63) is 24.2 Å². The van der Waals surface area contributed by atoms with Gasteiger partial charge in [0.1, 0.15) is 5.82 Å². The molecule has 2 aromatic rings. The Morgan fingerprint density at radius 1 is 1.26 bits per heavy atom. The molecule has 4 rings (SSSR count). The third kappa shape index (κ3) is 4.47.